The van der Waals surface area contributed by atoms with Crippen LogP contribution in [0.3, 0.4) is 0 Å². The van der Waals surface area contributed by atoms with Crippen LogP contribution >= 0.6 is 0 Å². The van der Waals surface area contributed by atoms with Crippen LogP contribution in [0, 0.1) is 5.92 Å². The lowest BCUT2D eigenvalue weighted by molar-refractivity contribution is -0.139. The molecule has 9 heteroatoms. The van der Waals surface area contributed by atoms with E-state index in [1.165, 1.54) is 12.3 Å². The fraction of sp³-hybridized carbons (Fsp3) is 0.562. The minimum atomic E-state index is -4.46. The molecular formula is C16H20F3N5O. The van der Waals surface area contributed by atoms with Crippen molar-refractivity contribution in [3.05, 3.63) is 36.3 Å². The quantitative estimate of drug-likeness (QED) is 0.797. The van der Waals surface area contributed by atoms with Crippen molar-refractivity contribution in [2.24, 2.45) is 5.92 Å². The molecule has 2 aromatic heterocycles. The third-order valence-corrected chi connectivity index (χ3v) is 4.22. The summed E-state index contributed by atoms with van der Waals surface area (Å²) in [6, 6.07) is 2.26. The molecule has 3 rings (SSSR count). The fourth-order valence-electron chi connectivity index (χ4n) is 3.00. The highest BCUT2D eigenvalue weighted by atomic mass is 19.4. The normalized spacial score (nSPS) is 19.1. The van der Waals surface area contributed by atoms with Crippen LogP contribution in [0.5, 0.6) is 5.88 Å². The molecule has 1 aliphatic rings. The van der Waals surface area contributed by atoms with Gasteiger partial charge in [0.25, 0.3) is 0 Å². The van der Waals surface area contributed by atoms with Crippen LogP contribution in [-0.4, -0.2) is 51.1 Å². The zero-order chi connectivity index (χ0) is 17.7. The first kappa shape index (κ1) is 17.7. The standard InChI is InChI=1S/C16H20F3N5O/c17-16(18,19)14-4-1-5-20-15(14)25-12-13-3-2-8-23(11-13)9-10-24-21-6-7-22-24/h1,4-7,13H,2-3,8-12H2. The van der Waals surface area contributed by atoms with Gasteiger partial charge < -0.3 is 9.64 Å². The van der Waals surface area contributed by atoms with Crippen molar-refractivity contribution in [1.29, 1.82) is 0 Å². The zero-order valence-corrected chi connectivity index (χ0v) is 13.7. The fourth-order valence-corrected chi connectivity index (χ4v) is 3.00. The maximum Gasteiger partial charge on any atom is 0.421 e. The predicted octanol–water partition coefficient (Wildman–Crippen LogP) is 2.48. The molecule has 2 aromatic rings. The molecule has 136 valence electrons. The van der Waals surface area contributed by atoms with Crippen LogP contribution in [-0.2, 0) is 12.7 Å². The average Bonchev–Trinajstić information content (AvgIpc) is 3.12. The van der Waals surface area contributed by atoms with Gasteiger partial charge in [-0.3, -0.25) is 0 Å². The van der Waals surface area contributed by atoms with Crippen LogP contribution in [0.4, 0.5) is 13.2 Å². The number of nitrogens with zero attached hydrogens (tertiary/aromatic N) is 5. The second-order valence-electron chi connectivity index (χ2n) is 6.10. The molecule has 25 heavy (non-hydrogen) atoms. The lowest BCUT2D eigenvalue weighted by atomic mass is 9.99. The molecule has 0 spiro atoms. The van der Waals surface area contributed by atoms with Crippen LogP contribution in [0.1, 0.15) is 18.4 Å². The molecule has 0 N–H and O–H groups in total. The minimum Gasteiger partial charge on any atom is -0.477 e. The molecule has 6 nitrogen and oxygen atoms in total. The first-order chi connectivity index (χ1) is 12.0. The lowest BCUT2D eigenvalue weighted by Crippen LogP contribution is -2.39. The van der Waals surface area contributed by atoms with Gasteiger partial charge in [0.15, 0.2) is 0 Å². The van der Waals surface area contributed by atoms with E-state index < -0.39 is 11.7 Å². The topological polar surface area (TPSA) is 56.1 Å². The van der Waals surface area contributed by atoms with Gasteiger partial charge in [-0.2, -0.15) is 28.2 Å². The number of aromatic nitrogens is 4. The maximum absolute atomic E-state index is 13.0. The van der Waals surface area contributed by atoms with Crippen molar-refractivity contribution < 1.29 is 17.9 Å². The molecule has 3 heterocycles. The highest BCUT2D eigenvalue weighted by Gasteiger charge is 2.35. The molecule has 1 aliphatic heterocycles. The number of ether oxygens (including phenoxy) is 1. The van der Waals surface area contributed by atoms with Crippen LogP contribution < -0.4 is 4.74 Å². The molecule has 1 saturated heterocycles. The number of hydrogen-bond donors (Lipinski definition) is 0. The number of pyridine rings is 1. The lowest BCUT2D eigenvalue weighted by Gasteiger charge is -2.32. The van der Waals surface area contributed by atoms with E-state index >= 15 is 0 Å². The first-order valence-electron chi connectivity index (χ1n) is 8.24. The van der Waals surface area contributed by atoms with Gasteiger partial charge in [-0.1, -0.05) is 0 Å². The Morgan fingerprint density at radius 2 is 1.96 bits per heavy atom. The molecule has 0 amide bonds. The summed E-state index contributed by atoms with van der Waals surface area (Å²) in [6.07, 6.45) is 2.06. The van der Waals surface area contributed by atoms with Crippen molar-refractivity contribution >= 4 is 0 Å². The summed E-state index contributed by atoms with van der Waals surface area (Å²) in [5, 5.41) is 8.14. The number of rotatable bonds is 6. The molecule has 0 bridgehead atoms. The Labute approximate surface area is 143 Å². The second kappa shape index (κ2) is 7.81. The summed E-state index contributed by atoms with van der Waals surface area (Å²) in [7, 11) is 0. The molecule has 0 aliphatic carbocycles. The summed E-state index contributed by atoms with van der Waals surface area (Å²) >= 11 is 0. The van der Waals surface area contributed by atoms with Crippen molar-refractivity contribution in [1.82, 2.24) is 24.9 Å². The summed E-state index contributed by atoms with van der Waals surface area (Å²) < 4.78 is 44.3. The van der Waals surface area contributed by atoms with E-state index in [1.807, 2.05) is 0 Å². The van der Waals surface area contributed by atoms with Gasteiger partial charge in [-0.25, -0.2) is 4.98 Å². The van der Waals surface area contributed by atoms with E-state index in [1.54, 1.807) is 17.2 Å². The van der Waals surface area contributed by atoms with Crippen LogP contribution in [0.2, 0.25) is 0 Å². The van der Waals surface area contributed by atoms with Crippen molar-refractivity contribution in [3.8, 4) is 5.88 Å². The van der Waals surface area contributed by atoms with Crippen LogP contribution in [0.15, 0.2) is 30.7 Å². The smallest absolute Gasteiger partial charge is 0.421 e. The van der Waals surface area contributed by atoms with E-state index in [0.717, 1.165) is 38.5 Å². The van der Waals surface area contributed by atoms with Crippen LogP contribution in [0.25, 0.3) is 0 Å². The minimum absolute atomic E-state index is 0.183. The average molecular weight is 355 g/mol. The number of piperidine rings is 1. The molecule has 1 fully saturated rings. The number of halogens is 3. The van der Waals surface area contributed by atoms with Crippen molar-refractivity contribution in [2.75, 3.05) is 26.2 Å². The molecule has 0 aromatic carbocycles. The summed E-state index contributed by atoms with van der Waals surface area (Å²) in [6.45, 7) is 3.49. The second-order valence-corrected chi connectivity index (χ2v) is 6.10. The molecule has 1 unspecified atom stereocenters. The molecular weight excluding hydrogens is 335 g/mol. The Morgan fingerprint density at radius 3 is 2.72 bits per heavy atom. The Balaban J connectivity index is 1.51. The van der Waals surface area contributed by atoms with E-state index in [2.05, 4.69) is 20.1 Å². The van der Waals surface area contributed by atoms with Gasteiger partial charge in [0, 0.05) is 25.2 Å². The highest BCUT2D eigenvalue weighted by Crippen LogP contribution is 2.34. The SMILES string of the molecule is FC(F)(F)c1cccnc1OCC1CCCN(CCn2nccn2)C1. The Morgan fingerprint density at radius 1 is 1.16 bits per heavy atom. The summed E-state index contributed by atoms with van der Waals surface area (Å²) in [5.74, 6) is -0.157. The van der Waals surface area contributed by atoms with E-state index in [9.17, 15) is 13.2 Å². The summed E-state index contributed by atoms with van der Waals surface area (Å²) in [5.41, 5.74) is -0.826. The third kappa shape index (κ3) is 4.91. The highest BCUT2D eigenvalue weighted by molar-refractivity contribution is 5.28. The van der Waals surface area contributed by atoms with Gasteiger partial charge in [0.2, 0.25) is 5.88 Å². The van der Waals surface area contributed by atoms with Gasteiger partial charge in [0.1, 0.15) is 5.56 Å². The Bertz CT molecular complexity index is 662. The predicted molar refractivity (Wildman–Crippen MR) is 83.9 cm³/mol. The largest absolute Gasteiger partial charge is 0.477 e. The number of likely N-dealkylation sites (tertiary alicyclic amines) is 1. The van der Waals surface area contributed by atoms with Crippen molar-refractivity contribution in [3.63, 3.8) is 0 Å². The van der Waals surface area contributed by atoms with E-state index in [4.69, 9.17) is 4.74 Å². The van der Waals surface area contributed by atoms with Gasteiger partial charge in [-0.15, -0.1) is 0 Å². The Hall–Kier alpha value is -2.16. The van der Waals surface area contributed by atoms with Crippen molar-refractivity contribution in [2.45, 2.75) is 25.6 Å². The van der Waals surface area contributed by atoms with Gasteiger partial charge in [-0.05, 0) is 31.5 Å². The number of hydrogen-bond acceptors (Lipinski definition) is 5. The van der Waals surface area contributed by atoms with Gasteiger partial charge >= 0.3 is 6.18 Å². The molecule has 0 saturated carbocycles. The maximum atomic E-state index is 13.0. The van der Waals surface area contributed by atoms with E-state index in [0.29, 0.717) is 6.54 Å². The summed E-state index contributed by atoms with van der Waals surface area (Å²) in [4.78, 5) is 7.64. The van der Waals surface area contributed by atoms with Gasteiger partial charge in [0.05, 0.1) is 25.5 Å². The first-order valence-corrected chi connectivity index (χ1v) is 8.24. The third-order valence-electron chi connectivity index (χ3n) is 4.22. The van der Waals surface area contributed by atoms with E-state index in [-0.39, 0.29) is 18.4 Å². The Kier molecular flexibility index (Phi) is 5.52. The zero-order valence-electron chi connectivity index (χ0n) is 13.7. The molecule has 1 atom stereocenters. The number of alkyl halides is 3. The monoisotopic (exact) mass is 355 g/mol. The molecule has 0 radical (unpaired) electrons.